The summed E-state index contributed by atoms with van der Waals surface area (Å²) in [4.78, 5) is 0. The molecule has 1 aliphatic heterocycles. The Labute approximate surface area is 189 Å². The van der Waals surface area contributed by atoms with Crippen molar-refractivity contribution in [2.24, 2.45) is 0 Å². The molecule has 1 atom stereocenters. The van der Waals surface area contributed by atoms with E-state index in [2.05, 4.69) is 54.7 Å². The summed E-state index contributed by atoms with van der Waals surface area (Å²) < 4.78 is 6.48. The zero-order valence-corrected chi connectivity index (χ0v) is 18.5. The van der Waals surface area contributed by atoms with Gasteiger partial charge >= 0.3 is 0 Å². The lowest BCUT2D eigenvalue weighted by atomic mass is 9.74. The zero-order chi connectivity index (χ0) is 21.7. The molecule has 0 amide bonds. The van der Waals surface area contributed by atoms with Crippen LogP contribution in [0.4, 0.5) is 0 Å². The van der Waals surface area contributed by atoms with Gasteiger partial charge in [-0.05, 0) is 85.4 Å². The van der Waals surface area contributed by atoms with Crippen LogP contribution in [0.25, 0.3) is 11.1 Å². The molecule has 1 unspecified atom stereocenters. The third kappa shape index (κ3) is 4.99. The van der Waals surface area contributed by atoms with Gasteiger partial charge in [-0.1, -0.05) is 54.1 Å². The third-order valence-corrected chi connectivity index (χ3v) is 6.51. The number of hydrogen-bond donors (Lipinski definition) is 1. The highest BCUT2D eigenvalue weighted by atomic mass is 35.5. The Balaban J connectivity index is 1.54. The fraction of sp³-hybridized carbons (Fsp3) is 0.296. The van der Waals surface area contributed by atoms with Crippen molar-refractivity contribution in [2.75, 3.05) is 19.7 Å². The number of benzene rings is 3. The summed E-state index contributed by atoms with van der Waals surface area (Å²) in [6.45, 7) is 4.78. The summed E-state index contributed by atoms with van der Waals surface area (Å²) in [5, 5.41) is 13.2. The van der Waals surface area contributed by atoms with Gasteiger partial charge in [0, 0.05) is 10.4 Å². The van der Waals surface area contributed by atoms with Crippen LogP contribution in [0.15, 0.2) is 72.8 Å². The molecule has 0 spiro atoms. The Morgan fingerprint density at radius 1 is 1.00 bits per heavy atom. The van der Waals surface area contributed by atoms with Crippen molar-refractivity contribution in [3.63, 3.8) is 0 Å². The van der Waals surface area contributed by atoms with Crippen molar-refractivity contribution >= 4 is 11.6 Å². The van der Waals surface area contributed by atoms with Crippen LogP contribution in [0.5, 0.6) is 0 Å². The van der Waals surface area contributed by atoms with Gasteiger partial charge in [0.15, 0.2) is 0 Å². The van der Waals surface area contributed by atoms with Gasteiger partial charge in [-0.25, -0.2) is 0 Å². The van der Waals surface area contributed by atoms with Crippen LogP contribution in [0, 0.1) is 11.3 Å². The van der Waals surface area contributed by atoms with Crippen LogP contribution in [-0.2, 0) is 10.2 Å². The minimum absolute atomic E-state index is 0.0370. The Hall–Kier alpha value is -2.64. The molecule has 1 heterocycles. The molecule has 0 saturated carbocycles. The zero-order valence-electron chi connectivity index (χ0n) is 17.8. The molecule has 0 aliphatic carbocycles. The second-order valence-corrected chi connectivity index (χ2v) is 8.75. The molecular weight excluding hydrogens is 404 g/mol. The maximum Gasteiger partial charge on any atom is 0.0991 e. The van der Waals surface area contributed by atoms with E-state index >= 15 is 0 Å². The summed E-state index contributed by atoms with van der Waals surface area (Å²) >= 11 is 6.46. The van der Waals surface area contributed by atoms with E-state index in [4.69, 9.17) is 21.6 Å². The number of hydrogen-bond acceptors (Lipinski definition) is 3. The van der Waals surface area contributed by atoms with E-state index in [0.29, 0.717) is 17.2 Å². The summed E-state index contributed by atoms with van der Waals surface area (Å²) in [5.41, 5.74) is 5.17. The number of rotatable bonds is 6. The lowest BCUT2D eigenvalue weighted by molar-refractivity contribution is 0.0167. The van der Waals surface area contributed by atoms with Crippen molar-refractivity contribution in [2.45, 2.75) is 31.3 Å². The molecule has 0 aromatic heterocycles. The first-order valence-electron chi connectivity index (χ1n) is 10.8. The summed E-state index contributed by atoms with van der Waals surface area (Å²) in [6, 6.07) is 26.6. The highest BCUT2D eigenvalue weighted by molar-refractivity contribution is 6.31. The monoisotopic (exact) mass is 430 g/mol. The normalized spacial score (nSPS) is 16.4. The first-order valence-corrected chi connectivity index (χ1v) is 11.2. The van der Waals surface area contributed by atoms with Crippen LogP contribution in [0.2, 0.25) is 5.02 Å². The van der Waals surface area contributed by atoms with Gasteiger partial charge in [0.2, 0.25) is 0 Å². The molecule has 0 bridgehead atoms. The molecule has 3 aromatic rings. The van der Waals surface area contributed by atoms with Gasteiger partial charge in [-0.15, -0.1) is 0 Å². The molecule has 1 fully saturated rings. The van der Waals surface area contributed by atoms with Crippen molar-refractivity contribution < 1.29 is 4.74 Å². The number of ether oxygens (including phenoxy) is 1. The van der Waals surface area contributed by atoms with Crippen LogP contribution >= 0.6 is 11.6 Å². The maximum absolute atomic E-state index is 9.04. The van der Waals surface area contributed by atoms with E-state index in [9.17, 15) is 0 Å². The number of piperidine rings is 1. The Kier molecular flexibility index (Phi) is 6.73. The van der Waals surface area contributed by atoms with Crippen LogP contribution < -0.4 is 5.32 Å². The minimum Gasteiger partial charge on any atom is -0.373 e. The molecule has 4 rings (SSSR count). The van der Waals surface area contributed by atoms with Gasteiger partial charge in [-0.3, -0.25) is 0 Å². The first-order chi connectivity index (χ1) is 15.1. The smallest absolute Gasteiger partial charge is 0.0991 e. The van der Waals surface area contributed by atoms with Crippen LogP contribution in [-0.4, -0.2) is 19.7 Å². The molecule has 1 N–H and O–H groups in total. The molecule has 1 saturated heterocycles. The topological polar surface area (TPSA) is 45.0 Å². The van der Waals surface area contributed by atoms with Gasteiger partial charge in [0.05, 0.1) is 24.3 Å². The number of halogens is 1. The highest BCUT2D eigenvalue weighted by Gasteiger charge is 2.34. The summed E-state index contributed by atoms with van der Waals surface area (Å²) in [7, 11) is 0. The lowest BCUT2D eigenvalue weighted by Gasteiger charge is -2.38. The van der Waals surface area contributed by atoms with Crippen molar-refractivity contribution in [1.29, 1.82) is 5.26 Å². The standard InChI is InChI=1S/C27H27ClN2O/c1-20(31-19-27(11-13-30-14-12-27)25-5-3-2-4-6-25)23-15-24(17-26(28)16-23)22-9-7-21(18-29)8-10-22/h2-10,15-17,20,30H,11-14,19H2,1H3. The van der Waals surface area contributed by atoms with Crippen molar-refractivity contribution in [3.8, 4) is 17.2 Å². The molecule has 4 heteroatoms. The second kappa shape index (κ2) is 9.66. The molecular formula is C27H27ClN2O. The molecule has 3 aromatic carbocycles. The Morgan fingerprint density at radius 2 is 1.71 bits per heavy atom. The SMILES string of the molecule is CC(OCC1(c2ccccc2)CCNCC1)c1cc(Cl)cc(-c2ccc(C#N)cc2)c1. The highest BCUT2D eigenvalue weighted by Crippen LogP contribution is 2.36. The molecule has 1 aliphatic rings. The average Bonchev–Trinajstić information content (AvgIpc) is 2.83. The second-order valence-electron chi connectivity index (χ2n) is 8.31. The van der Waals surface area contributed by atoms with E-state index < -0.39 is 0 Å². The van der Waals surface area contributed by atoms with E-state index in [1.54, 1.807) is 0 Å². The maximum atomic E-state index is 9.04. The van der Waals surface area contributed by atoms with Gasteiger partial charge in [0.25, 0.3) is 0 Å². The van der Waals surface area contributed by atoms with E-state index in [0.717, 1.165) is 42.6 Å². The predicted octanol–water partition coefficient (Wildman–Crippen LogP) is 6.28. The third-order valence-electron chi connectivity index (χ3n) is 6.29. The van der Waals surface area contributed by atoms with Gasteiger partial charge in [0.1, 0.15) is 0 Å². The molecule has 3 nitrogen and oxygen atoms in total. The lowest BCUT2D eigenvalue weighted by Crippen LogP contribution is -2.43. The van der Waals surface area contributed by atoms with Crippen LogP contribution in [0.3, 0.4) is 0 Å². The largest absolute Gasteiger partial charge is 0.373 e. The Morgan fingerprint density at radius 3 is 2.39 bits per heavy atom. The summed E-state index contributed by atoms with van der Waals surface area (Å²) in [6.07, 6.45) is 2.05. The summed E-state index contributed by atoms with van der Waals surface area (Å²) in [5.74, 6) is 0. The van der Waals surface area contributed by atoms with Gasteiger partial charge < -0.3 is 10.1 Å². The predicted molar refractivity (Wildman–Crippen MR) is 126 cm³/mol. The quantitative estimate of drug-likeness (QED) is 0.500. The van der Waals surface area contributed by atoms with Crippen LogP contribution in [0.1, 0.15) is 42.6 Å². The molecule has 31 heavy (non-hydrogen) atoms. The average molecular weight is 431 g/mol. The number of nitrogens with one attached hydrogen (secondary N) is 1. The molecule has 158 valence electrons. The van der Waals surface area contributed by atoms with Crippen molar-refractivity contribution in [1.82, 2.24) is 5.32 Å². The number of nitriles is 1. The van der Waals surface area contributed by atoms with E-state index in [1.165, 1.54) is 5.56 Å². The fourth-order valence-corrected chi connectivity index (χ4v) is 4.59. The molecule has 0 radical (unpaired) electrons. The van der Waals surface area contributed by atoms with Gasteiger partial charge in [-0.2, -0.15) is 5.26 Å². The Bertz CT molecular complexity index is 1050. The van der Waals surface area contributed by atoms with Crippen molar-refractivity contribution in [3.05, 3.63) is 94.5 Å². The fourth-order valence-electron chi connectivity index (χ4n) is 4.35. The number of nitrogens with zero attached hydrogens (tertiary/aromatic N) is 1. The van der Waals surface area contributed by atoms with E-state index in [-0.39, 0.29) is 11.5 Å². The minimum atomic E-state index is -0.0775. The van der Waals surface area contributed by atoms with E-state index in [1.807, 2.05) is 36.4 Å². The first kappa shape index (κ1) is 21.6.